The van der Waals surface area contributed by atoms with E-state index in [1.807, 2.05) is 42.2 Å². The predicted molar refractivity (Wildman–Crippen MR) is 148 cm³/mol. The second-order valence-electron chi connectivity index (χ2n) is 9.52. The highest BCUT2D eigenvalue weighted by molar-refractivity contribution is 6.02. The van der Waals surface area contributed by atoms with Crippen molar-refractivity contribution in [2.45, 2.75) is 19.9 Å². The average Bonchev–Trinajstić information content (AvgIpc) is 3.19. The molecule has 3 aromatic carbocycles. The molecular weight excluding hydrogens is 499 g/mol. The Morgan fingerprint density at radius 1 is 0.923 bits per heavy atom. The van der Waals surface area contributed by atoms with Gasteiger partial charge in [0.1, 0.15) is 12.4 Å². The van der Waals surface area contributed by atoms with E-state index in [-0.39, 0.29) is 36.7 Å². The average molecular weight is 533 g/mol. The molecule has 4 rings (SSSR count). The van der Waals surface area contributed by atoms with Crippen molar-refractivity contribution in [2.75, 3.05) is 50.1 Å². The number of methoxy groups -OCH3 is 1. The van der Waals surface area contributed by atoms with E-state index in [2.05, 4.69) is 15.5 Å². The number of rotatable bonds is 8. The number of benzene rings is 3. The lowest BCUT2D eigenvalue weighted by Crippen LogP contribution is -2.36. The number of ether oxygens (including phenoxy) is 1. The van der Waals surface area contributed by atoms with Gasteiger partial charge >= 0.3 is 0 Å². The van der Waals surface area contributed by atoms with Crippen molar-refractivity contribution in [3.05, 3.63) is 94.8 Å². The molecule has 1 aliphatic heterocycles. The minimum absolute atomic E-state index is 0.00897. The predicted octanol–water partition coefficient (Wildman–Crippen LogP) is 4.00. The van der Waals surface area contributed by atoms with E-state index in [9.17, 15) is 18.8 Å². The van der Waals surface area contributed by atoms with Crippen LogP contribution in [0.3, 0.4) is 0 Å². The third kappa shape index (κ3) is 7.42. The molecule has 0 spiro atoms. The Morgan fingerprint density at radius 2 is 1.67 bits per heavy atom. The molecule has 204 valence electrons. The van der Waals surface area contributed by atoms with Crippen molar-refractivity contribution >= 4 is 29.1 Å². The van der Waals surface area contributed by atoms with Crippen molar-refractivity contribution < 1.29 is 23.5 Å². The summed E-state index contributed by atoms with van der Waals surface area (Å²) in [6, 6.07) is 18.7. The van der Waals surface area contributed by atoms with Crippen LogP contribution < -0.4 is 15.5 Å². The van der Waals surface area contributed by atoms with Crippen LogP contribution in [0.1, 0.15) is 38.3 Å². The summed E-state index contributed by atoms with van der Waals surface area (Å²) in [5, 5.41) is 5.65. The van der Waals surface area contributed by atoms with Gasteiger partial charge in [-0.15, -0.1) is 0 Å². The summed E-state index contributed by atoms with van der Waals surface area (Å²) < 4.78 is 18.2. The molecular formula is C30H33FN4O4. The number of carbonyl (C=O) groups excluding carboxylic acids is 3. The molecule has 0 saturated carbocycles. The van der Waals surface area contributed by atoms with Crippen LogP contribution >= 0.6 is 0 Å². The van der Waals surface area contributed by atoms with Gasteiger partial charge in [-0.1, -0.05) is 29.8 Å². The van der Waals surface area contributed by atoms with Gasteiger partial charge in [-0.2, -0.15) is 0 Å². The minimum atomic E-state index is -0.345. The number of anilines is 2. The van der Waals surface area contributed by atoms with Crippen LogP contribution in [0.5, 0.6) is 0 Å². The van der Waals surface area contributed by atoms with E-state index in [0.717, 1.165) is 17.5 Å². The molecule has 0 aromatic heterocycles. The number of aryl methyl sites for hydroxylation is 1. The molecule has 2 N–H and O–H groups in total. The van der Waals surface area contributed by atoms with E-state index in [4.69, 9.17) is 4.74 Å². The molecule has 0 aliphatic carbocycles. The normalized spacial score (nSPS) is 13.5. The largest absolute Gasteiger partial charge is 0.375 e. The molecule has 0 bridgehead atoms. The quantitative estimate of drug-likeness (QED) is 0.458. The first-order chi connectivity index (χ1) is 18.8. The number of amides is 3. The van der Waals surface area contributed by atoms with Crippen molar-refractivity contribution in [1.29, 1.82) is 0 Å². The summed E-state index contributed by atoms with van der Waals surface area (Å²) in [6.07, 6.45) is 0.737. The molecule has 1 fully saturated rings. The Bertz CT molecular complexity index is 1310. The zero-order valence-electron chi connectivity index (χ0n) is 22.2. The molecule has 39 heavy (non-hydrogen) atoms. The second kappa shape index (κ2) is 13.0. The molecule has 1 saturated heterocycles. The molecule has 9 heteroatoms. The molecule has 8 nitrogen and oxygen atoms in total. The highest BCUT2D eigenvalue weighted by atomic mass is 19.1. The monoisotopic (exact) mass is 532 g/mol. The van der Waals surface area contributed by atoms with Crippen LogP contribution in [0.25, 0.3) is 0 Å². The molecule has 1 heterocycles. The first kappa shape index (κ1) is 27.8. The van der Waals surface area contributed by atoms with Crippen LogP contribution in [0.4, 0.5) is 15.8 Å². The van der Waals surface area contributed by atoms with Crippen LogP contribution in [0, 0.1) is 12.7 Å². The lowest BCUT2D eigenvalue weighted by Gasteiger charge is -2.26. The number of hydrogen-bond acceptors (Lipinski definition) is 5. The third-order valence-corrected chi connectivity index (χ3v) is 6.59. The third-order valence-electron chi connectivity index (χ3n) is 6.59. The number of nitrogens with one attached hydrogen (secondary N) is 2. The van der Waals surface area contributed by atoms with Crippen molar-refractivity contribution in [1.82, 2.24) is 10.2 Å². The smallest absolute Gasteiger partial charge is 0.253 e. The summed E-state index contributed by atoms with van der Waals surface area (Å²) in [5.74, 6) is -1.01. The van der Waals surface area contributed by atoms with Gasteiger partial charge in [0.05, 0.1) is 5.56 Å². The van der Waals surface area contributed by atoms with Crippen LogP contribution in [-0.2, 0) is 16.1 Å². The fourth-order valence-corrected chi connectivity index (χ4v) is 4.52. The first-order valence-electron chi connectivity index (χ1n) is 12.9. The van der Waals surface area contributed by atoms with Gasteiger partial charge in [-0.05, 0) is 61.4 Å². The maximum Gasteiger partial charge on any atom is 0.253 e. The van der Waals surface area contributed by atoms with Gasteiger partial charge in [0.15, 0.2) is 0 Å². The maximum atomic E-state index is 13.4. The summed E-state index contributed by atoms with van der Waals surface area (Å²) in [5.41, 5.74) is 4.09. The lowest BCUT2D eigenvalue weighted by molar-refractivity contribution is -0.119. The second-order valence-corrected chi connectivity index (χ2v) is 9.52. The van der Waals surface area contributed by atoms with Gasteiger partial charge < -0.3 is 25.2 Å². The van der Waals surface area contributed by atoms with E-state index in [0.29, 0.717) is 48.7 Å². The van der Waals surface area contributed by atoms with E-state index in [1.165, 1.54) is 19.2 Å². The minimum Gasteiger partial charge on any atom is -0.375 e. The summed E-state index contributed by atoms with van der Waals surface area (Å²) in [6.45, 7) is 4.43. The number of hydrogen-bond donors (Lipinski definition) is 2. The molecule has 3 aromatic rings. The van der Waals surface area contributed by atoms with Crippen LogP contribution in [-0.4, -0.2) is 62.5 Å². The van der Waals surface area contributed by atoms with E-state index < -0.39 is 0 Å². The Kier molecular flexibility index (Phi) is 9.27. The zero-order valence-corrected chi connectivity index (χ0v) is 22.2. The molecule has 0 atom stereocenters. The van der Waals surface area contributed by atoms with Crippen LogP contribution in [0.2, 0.25) is 0 Å². The Morgan fingerprint density at radius 3 is 2.38 bits per heavy atom. The molecule has 1 aliphatic rings. The number of halogens is 1. The summed E-state index contributed by atoms with van der Waals surface area (Å²) in [4.78, 5) is 42.5. The number of nitrogens with zero attached hydrogens (tertiary/aromatic N) is 2. The number of carbonyl (C=O) groups is 3. The first-order valence-corrected chi connectivity index (χ1v) is 12.9. The van der Waals surface area contributed by atoms with Crippen molar-refractivity contribution in [2.24, 2.45) is 0 Å². The SMILES string of the molecule is COCC(=O)Nc1ccc(N2CCCN(C(=O)c3ccc(C)cc3)CC2)c(C(=O)NCc2ccc(F)cc2)c1. The zero-order chi connectivity index (χ0) is 27.8. The van der Waals surface area contributed by atoms with Gasteiger partial charge in [-0.3, -0.25) is 14.4 Å². The Hall–Kier alpha value is -4.24. The fourth-order valence-electron chi connectivity index (χ4n) is 4.52. The lowest BCUT2D eigenvalue weighted by atomic mass is 10.1. The molecule has 0 unspecified atom stereocenters. The topological polar surface area (TPSA) is 91.0 Å². The highest BCUT2D eigenvalue weighted by Crippen LogP contribution is 2.26. The van der Waals surface area contributed by atoms with Gasteiger partial charge in [0, 0.05) is 56.8 Å². The maximum absolute atomic E-state index is 13.4. The summed E-state index contributed by atoms with van der Waals surface area (Å²) >= 11 is 0. The molecule has 0 radical (unpaired) electrons. The Balaban J connectivity index is 1.52. The summed E-state index contributed by atoms with van der Waals surface area (Å²) in [7, 11) is 1.43. The van der Waals surface area contributed by atoms with Gasteiger partial charge in [0.25, 0.3) is 11.8 Å². The van der Waals surface area contributed by atoms with Crippen molar-refractivity contribution in [3.8, 4) is 0 Å². The Labute approximate surface area is 227 Å². The van der Waals surface area contributed by atoms with Gasteiger partial charge in [-0.25, -0.2) is 4.39 Å². The fraction of sp³-hybridized carbons (Fsp3) is 0.300. The standard InChI is InChI=1S/C30H33FN4O4/c1-21-4-8-23(9-5-21)30(38)35-15-3-14-34(16-17-35)27-13-12-25(33-28(36)20-39-2)18-26(27)29(37)32-19-22-6-10-24(31)11-7-22/h4-13,18H,3,14-17,19-20H2,1-2H3,(H,32,37)(H,33,36). The van der Waals surface area contributed by atoms with E-state index >= 15 is 0 Å². The van der Waals surface area contributed by atoms with Crippen LogP contribution in [0.15, 0.2) is 66.7 Å². The highest BCUT2D eigenvalue weighted by Gasteiger charge is 2.24. The van der Waals surface area contributed by atoms with Gasteiger partial charge in [0.2, 0.25) is 5.91 Å². The van der Waals surface area contributed by atoms with E-state index in [1.54, 1.807) is 24.3 Å². The molecule has 3 amide bonds. The van der Waals surface area contributed by atoms with Crippen molar-refractivity contribution in [3.63, 3.8) is 0 Å².